The van der Waals surface area contributed by atoms with E-state index in [1.165, 1.54) is 4.90 Å². The number of likely N-dealkylation sites (N-methyl/N-ethyl adjacent to an activating group) is 1. The van der Waals surface area contributed by atoms with Crippen molar-refractivity contribution in [2.75, 3.05) is 32.9 Å². The van der Waals surface area contributed by atoms with E-state index in [-0.39, 0.29) is 41.4 Å². The van der Waals surface area contributed by atoms with E-state index in [9.17, 15) is 19.2 Å². The molecule has 9 heteroatoms. The normalized spacial score (nSPS) is 16.3. The van der Waals surface area contributed by atoms with Gasteiger partial charge < -0.3 is 15.5 Å². The lowest BCUT2D eigenvalue weighted by atomic mass is 10.0. The highest BCUT2D eigenvalue weighted by atomic mass is 32.2. The number of hydrogen-bond donors (Lipinski definition) is 1. The van der Waals surface area contributed by atoms with Gasteiger partial charge in [0.05, 0.1) is 0 Å². The van der Waals surface area contributed by atoms with E-state index in [1.807, 2.05) is 72.1 Å². The van der Waals surface area contributed by atoms with Gasteiger partial charge in [-0.25, -0.2) is 4.79 Å². The number of nitrogens with zero attached hydrogens (tertiary/aromatic N) is 3. The number of urea groups is 1. The molecule has 42 heavy (non-hydrogen) atoms. The highest BCUT2D eigenvalue weighted by molar-refractivity contribution is 7.99. The van der Waals surface area contributed by atoms with Crippen LogP contribution < -0.4 is 5.73 Å². The second-order valence-corrected chi connectivity index (χ2v) is 13.7. The zero-order valence-corrected chi connectivity index (χ0v) is 31.1. The number of allylic oxidation sites excluding steroid dienone is 1. The first-order valence-electron chi connectivity index (χ1n) is 15.3. The summed E-state index contributed by atoms with van der Waals surface area (Å²) < 4.78 is 0. The minimum absolute atomic E-state index is 0.104. The van der Waals surface area contributed by atoms with Crippen molar-refractivity contribution >= 4 is 35.3 Å². The molecule has 0 aromatic carbocycles. The van der Waals surface area contributed by atoms with Gasteiger partial charge in [0.15, 0.2) is 5.78 Å². The number of nitrogens with two attached hydrogens (primary N) is 1. The second-order valence-electron chi connectivity index (χ2n) is 12.3. The SMILES string of the molecule is C=C(C)C(=O)C(C)C.CC(=O)C(C)C.CC(C)N(C)C(N)=O.CCN1C[C@@H](C)N(C(=O)C(C)C)C[C@@H]1C.CSC(C)C. The van der Waals surface area contributed by atoms with Gasteiger partial charge in [0.2, 0.25) is 5.91 Å². The van der Waals surface area contributed by atoms with Crippen molar-refractivity contribution in [1.29, 1.82) is 0 Å². The van der Waals surface area contributed by atoms with Gasteiger partial charge in [-0.3, -0.25) is 19.3 Å². The molecule has 1 rings (SSSR count). The third-order valence-electron chi connectivity index (χ3n) is 6.65. The summed E-state index contributed by atoms with van der Waals surface area (Å²) in [4.78, 5) is 49.1. The van der Waals surface area contributed by atoms with Crippen LogP contribution in [0.4, 0.5) is 4.79 Å². The van der Waals surface area contributed by atoms with Crippen LogP contribution in [-0.2, 0) is 14.4 Å². The van der Waals surface area contributed by atoms with Crippen LogP contribution in [0.2, 0.25) is 0 Å². The molecule has 0 radical (unpaired) electrons. The van der Waals surface area contributed by atoms with Crippen molar-refractivity contribution in [1.82, 2.24) is 14.7 Å². The fourth-order valence-corrected chi connectivity index (χ4v) is 3.02. The van der Waals surface area contributed by atoms with E-state index in [0.717, 1.165) is 24.9 Å². The first-order chi connectivity index (χ1) is 19.0. The lowest BCUT2D eigenvalue weighted by Gasteiger charge is -2.44. The lowest BCUT2D eigenvalue weighted by molar-refractivity contribution is -0.140. The average Bonchev–Trinajstić information content (AvgIpc) is 2.89. The summed E-state index contributed by atoms with van der Waals surface area (Å²) in [6.07, 6.45) is 2.12. The number of thioether (sulfide) groups is 1. The summed E-state index contributed by atoms with van der Waals surface area (Å²) in [5.41, 5.74) is 5.58. The van der Waals surface area contributed by atoms with Crippen molar-refractivity contribution in [2.24, 2.45) is 23.5 Å². The Morgan fingerprint density at radius 2 is 1.26 bits per heavy atom. The molecule has 0 spiro atoms. The summed E-state index contributed by atoms with van der Waals surface area (Å²) >= 11 is 1.88. The third kappa shape index (κ3) is 24.7. The molecule has 1 fully saturated rings. The molecule has 0 saturated carbocycles. The first-order valence-corrected chi connectivity index (χ1v) is 16.6. The highest BCUT2D eigenvalue weighted by Gasteiger charge is 2.31. The predicted molar refractivity (Wildman–Crippen MR) is 184 cm³/mol. The van der Waals surface area contributed by atoms with Crippen LogP contribution in [0.15, 0.2) is 12.2 Å². The van der Waals surface area contributed by atoms with E-state index in [2.05, 4.69) is 52.4 Å². The van der Waals surface area contributed by atoms with Crippen LogP contribution >= 0.6 is 11.8 Å². The molecule has 8 nitrogen and oxygen atoms in total. The fourth-order valence-electron chi connectivity index (χ4n) is 3.02. The Morgan fingerprint density at radius 3 is 1.43 bits per heavy atom. The quantitative estimate of drug-likeness (QED) is 0.317. The summed E-state index contributed by atoms with van der Waals surface area (Å²) in [6.45, 7) is 36.0. The minimum atomic E-state index is -0.375. The molecule has 0 aromatic rings. The van der Waals surface area contributed by atoms with Crippen molar-refractivity contribution < 1.29 is 19.2 Å². The van der Waals surface area contributed by atoms with Gasteiger partial charge in [-0.05, 0) is 65.2 Å². The predicted octanol–water partition coefficient (Wildman–Crippen LogP) is 6.77. The second kappa shape index (κ2) is 25.6. The van der Waals surface area contributed by atoms with Gasteiger partial charge in [-0.15, -0.1) is 0 Å². The summed E-state index contributed by atoms with van der Waals surface area (Å²) in [7, 11) is 1.67. The van der Waals surface area contributed by atoms with E-state index < -0.39 is 0 Å². The maximum Gasteiger partial charge on any atom is 0.314 e. The highest BCUT2D eigenvalue weighted by Crippen LogP contribution is 2.17. The molecule has 1 heterocycles. The van der Waals surface area contributed by atoms with Gasteiger partial charge in [-0.2, -0.15) is 11.8 Å². The number of rotatable bonds is 7. The maximum absolute atomic E-state index is 12.0. The van der Waals surface area contributed by atoms with Gasteiger partial charge in [0.1, 0.15) is 5.78 Å². The molecule has 0 unspecified atom stereocenters. The molecule has 0 aliphatic carbocycles. The zero-order chi connectivity index (χ0) is 34.5. The Labute approximate surface area is 264 Å². The first kappa shape index (κ1) is 47.1. The average molecular weight is 617 g/mol. The molecular weight excluding hydrogens is 548 g/mol. The van der Waals surface area contributed by atoms with Crippen LogP contribution in [0, 0.1) is 17.8 Å². The molecule has 0 bridgehead atoms. The Hall–Kier alpha value is -1.87. The summed E-state index contributed by atoms with van der Waals surface area (Å²) in [5, 5.41) is 0.801. The Morgan fingerprint density at radius 1 is 0.857 bits per heavy atom. The van der Waals surface area contributed by atoms with E-state index in [0.29, 0.717) is 23.6 Å². The van der Waals surface area contributed by atoms with Crippen molar-refractivity contribution in [3.8, 4) is 0 Å². The minimum Gasteiger partial charge on any atom is -0.351 e. The lowest BCUT2D eigenvalue weighted by Crippen LogP contribution is -2.58. The molecule has 1 aliphatic rings. The topological polar surface area (TPSA) is 104 Å². The summed E-state index contributed by atoms with van der Waals surface area (Å²) in [5.74, 6) is 1.15. The standard InChI is InChI=1S/C12H24N2O.C7H12O.C5H12N2O.C5H10O.C4H10S/c1-6-13-7-11(5)14(8-10(13)4)12(15)9(2)3;1-5(2)7(8)6(3)4;1-4(2)7(3)5(6)8;1-4(2)5(3)6;1-4(2)5-3/h9-11H,6-8H2,1-5H3;6H,1H2,2-4H3;4H,1-3H3,(H2,6,8);4H,1-3H3;4H,1-3H3/t10-,11+;;;;/m0..../s1. The zero-order valence-electron chi connectivity index (χ0n) is 30.3. The molecule has 3 amide bonds. The fraction of sp³-hybridized carbons (Fsp3) is 0.818. The van der Waals surface area contributed by atoms with Crippen LogP contribution in [0.25, 0.3) is 0 Å². The molecular formula is C33H68N4O4S. The number of carbonyl (C=O) groups is 4. The number of primary amides is 1. The van der Waals surface area contributed by atoms with Crippen molar-refractivity contribution in [2.45, 2.75) is 127 Å². The summed E-state index contributed by atoms with van der Waals surface area (Å²) in [6, 6.07) is 0.678. The maximum atomic E-state index is 12.0. The number of amides is 3. The molecule has 2 N–H and O–H groups in total. The number of piperazine rings is 1. The molecule has 2 atom stereocenters. The van der Waals surface area contributed by atoms with Gasteiger partial charge in [0.25, 0.3) is 0 Å². The number of hydrogen-bond acceptors (Lipinski definition) is 6. The smallest absolute Gasteiger partial charge is 0.314 e. The molecule has 1 aliphatic heterocycles. The van der Waals surface area contributed by atoms with Crippen LogP contribution in [0.3, 0.4) is 0 Å². The van der Waals surface area contributed by atoms with E-state index in [4.69, 9.17) is 5.73 Å². The molecule has 0 aromatic heterocycles. The van der Waals surface area contributed by atoms with Crippen LogP contribution in [0.1, 0.15) is 104 Å². The molecule has 250 valence electrons. The van der Waals surface area contributed by atoms with Crippen molar-refractivity contribution in [3.05, 3.63) is 12.2 Å². The van der Waals surface area contributed by atoms with Crippen LogP contribution in [0.5, 0.6) is 0 Å². The number of ketones is 2. The van der Waals surface area contributed by atoms with Gasteiger partial charge in [-0.1, -0.05) is 68.9 Å². The Bertz CT molecular complexity index is 782. The largest absolute Gasteiger partial charge is 0.351 e. The van der Waals surface area contributed by atoms with E-state index in [1.54, 1.807) is 20.9 Å². The third-order valence-corrected chi connectivity index (χ3v) is 7.59. The monoisotopic (exact) mass is 616 g/mol. The van der Waals surface area contributed by atoms with Gasteiger partial charge >= 0.3 is 6.03 Å². The van der Waals surface area contributed by atoms with E-state index >= 15 is 0 Å². The van der Waals surface area contributed by atoms with Crippen molar-refractivity contribution in [3.63, 3.8) is 0 Å². The Kier molecular flexibility index (Phi) is 28.7. The Balaban J connectivity index is -0.000000231. The van der Waals surface area contributed by atoms with Gasteiger partial charge in [0, 0.05) is 56.0 Å². The molecule has 1 saturated heterocycles. The number of Topliss-reactive ketones (excluding diaryl/α,β-unsaturated/α-hetero) is 2. The number of carbonyl (C=O) groups excluding carboxylic acids is 4. The van der Waals surface area contributed by atoms with Crippen LogP contribution in [-0.4, -0.2) is 94.5 Å².